The van der Waals surface area contributed by atoms with Gasteiger partial charge in [0.25, 0.3) is 5.91 Å². The standard InChI is InChI=1S/C17H22N4O.ClH.H2O/c1-2-7-12-8-6-9-13-14(18)16(20-19-15(12)13)17(22)21-10-4-3-5-11-21;;/h6,8-9H,2-5,7,10-11H2,1H3,(H2,18,19);1H;1H2. The highest BCUT2D eigenvalue weighted by molar-refractivity contribution is 6.05. The molecule has 1 aromatic carbocycles. The van der Waals surface area contributed by atoms with Gasteiger partial charge in [-0.05, 0) is 31.2 Å². The monoisotopic (exact) mass is 352 g/mol. The molecule has 132 valence electrons. The number of anilines is 1. The van der Waals surface area contributed by atoms with E-state index in [2.05, 4.69) is 17.1 Å². The number of aryl methyl sites for hydroxylation is 1. The second kappa shape index (κ2) is 8.80. The van der Waals surface area contributed by atoms with Gasteiger partial charge in [-0.25, -0.2) is 0 Å². The lowest BCUT2D eigenvalue weighted by atomic mass is 10.0. The van der Waals surface area contributed by atoms with Crippen LogP contribution in [0, 0.1) is 0 Å². The van der Waals surface area contributed by atoms with Crippen LogP contribution in [0.4, 0.5) is 5.69 Å². The summed E-state index contributed by atoms with van der Waals surface area (Å²) in [6, 6.07) is 5.94. The van der Waals surface area contributed by atoms with Crippen LogP contribution >= 0.6 is 12.4 Å². The number of benzene rings is 1. The minimum atomic E-state index is -0.0903. The van der Waals surface area contributed by atoms with Crippen molar-refractivity contribution in [3.8, 4) is 0 Å². The highest BCUT2D eigenvalue weighted by atomic mass is 35.5. The lowest BCUT2D eigenvalue weighted by Crippen LogP contribution is -2.36. The summed E-state index contributed by atoms with van der Waals surface area (Å²) in [6.45, 7) is 3.70. The maximum absolute atomic E-state index is 12.6. The van der Waals surface area contributed by atoms with Crippen molar-refractivity contribution in [3.63, 3.8) is 0 Å². The van der Waals surface area contributed by atoms with Crippen molar-refractivity contribution in [2.75, 3.05) is 18.8 Å². The third-order valence-electron chi connectivity index (χ3n) is 4.28. The van der Waals surface area contributed by atoms with E-state index in [4.69, 9.17) is 5.73 Å². The van der Waals surface area contributed by atoms with Crippen LogP contribution in [-0.2, 0) is 6.42 Å². The summed E-state index contributed by atoms with van der Waals surface area (Å²) in [5.74, 6) is -0.0903. The maximum atomic E-state index is 12.6. The van der Waals surface area contributed by atoms with E-state index >= 15 is 0 Å². The van der Waals surface area contributed by atoms with Gasteiger partial charge in [-0.3, -0.25) is 4.79 Å². The largest absolute Gasteiger partial charge is 0.412 e. The molecule has 1 fully saturated rings. The second-order valence-corrected chi connectivity index (χ2v) is 5.88. The van der Waals surface area contributed by atoms with E-state index in [9.17, 15) is 4.79 Å². The van der Waals surface area contributed by atoms with E-state index in [1.807, 2.05) is 23.1 Å². The number of likely N-dealkylation sites (tertiary alicyclic amines) is 1. The molecule has 4 N–H and O–H groups in total. The molecule has 6 nitrogen and oxygen atoms in total. The molecule has 0 saturated carbocycles. The number of aromatic nitrogens is 2. The van der Waals surface area contributed by atoms with E-state index < -0.39 is 0 Å². The summed E-state index contributed by atoms with van der Waals surface area (Å²) >= 11 is 0. The number of nitrogens with two attached hydrogens (primary N) is 1. The van der Waals surface area contributed by atoms with Crippen LogP contribution in [0.3, 0.4) is 0 Å². The number of amides is 1. The number of carbonyl (C=O) groups excluding carboxylic acids is 1. The van der Waals surface area contributed by atoms with Crippen LogP contribution in [-0.4, -0.2) is 39.6 Å². The molecule has 1 aliphatic heterocycles. The minimum absolute atomic E-state index is 0. The summed E-state index contributed by atoms with van der Waals surface area (Å²) < 4.78 is 0. The van der Waals surface area contributed by atoms with Gasteiger partial charge >= 0.3 is 0 Å². The molecule has 3 rings (SSSR count). The number of nitrogen functional groups attached to an aromatic ring is 1. The van der Waals surface area contributed by atoms with E-state index in [0.29, 0.717) is 11.4 Å². The highest BCUT2D eigenvalue weighted by Crippen LogP contribution is 2.26. The molecule has 24 heavy (non-hydrogen) atoms. The third-order valence-corrected chi connectivity index (χ3v) is 4.28. The fourth-order valence-electron chi connectivity index (χ4n) is 3.08. The predicted molar refractivity (Wildman–Crippen MR) is 98.6 cm³/mol. The number of fused-ring (bicyclic) bond motifs is 1. The second-order valence-electron chi connectivity index (χ2n) is 5.88. The fraction of sp³-hybridized carbons (Fsp3) is 0.471. The number of halogens is 1. The molecular weight excluding hydrogens is 328 g/mol. The van der Waals surface area contributed by atoms with Gasteiger partial charge in [0, 0.05) is 18.5 Å². The zero-order chi connectivity index (χ0) is 15.5. The molecule has 2 heterocycles. The Balaban J connectivity index is 0.00000144. The van der Waals surface area contributed by atoms with Gasteiger partial charge in [-0.15, -0.1) is 22.6 Å². The number of hydrogen-bond acceptors (Lipinski definition) is 4. The third kappa shape index (κ3) is 3.76. The van der Waals surface area contributed by atoms with Gasteiger partial charge < -0.3 is 16.1 Å². The van der Waals surface area contributed by atoms with Crippen molar-refractivity contribution in [3.05, 3.63) is 29.5 Å². The summed E-state index contributed by atoms with van der Waals surface area (Å²) in [5, 5.41) is 9.29. The molecule has 0 unspecified atom stereocenters. The summed E-state index contributed by atoms with van der Waals surface area (Å²) in [7, 11) is 0. The van der Waals surface area contributed by atoms with E-state index in [0.717, 1.165) is 55.2 Å². The first kappa shape index (κ1) is 20.1. The molecule has 1 aromatic heterocycles. The molecular formula is C17H25ClN4O2. The van der Waals surface area contributed by atoms with Gasteiger partial charge in [0.15, 0.2) is 5.69 Å². The molecule has 7 heteroatoms. The molecule has 2 aromatic rings. The van der Waals surface area contributed by atoms with Gasteiger partial charge in [-0.2, -0.15) is 0 Å². The van der Waals surface area contributed by atoms with E-state index in [1.165, 1.54) is 6.42 Å². The number of carbonyl (C=O) groups is 1. The predicted octanol–water partition coefficient (Wildman–Crippen LogP) is 2.39. The molecule has 1 amide bonds. The molecule has 0 radical (unpaired) electrons. The Kier molecular flexibility index (Phi) is 7.38. The van der Waals surface area contributed by atoms with E-state index in [1.54, 1.807) is 0 Å². The molecule has 0 aliphatic carbocycles. The van der Waals surface area contributed by atoms with Crippen molar-refractivity contribution < 1.29 is 10.3 Å². The molecule has 1 saturated heterocycles. The van der Waals surface area contributed by atoms with Gasteiger partial charge in [0.05, 0.1) is 11.2 Å². The molecule has 1 aliphatic rings. The SMILES string of the molecule is CCCc1cccc2c(N)c(C(=O)N3CCCCC3)nnc12.Cl.O. The average molecular weight is 353 g/mol. The Morgan fingerprint density at radius 2 is 1.92 bits per heavy atom. The Labute approximate surface area is 148 Å². The van der Waals surface area contributed by atoms with Gasteiger partial charge in [0.2, 0.25) is 0 Å². The average Bonchev–Trinajstić information content (AvgIpc) is 2.56. The number of hydrogen-bond donors (Lipinski definition) is 1. The smallest absolute Gasteiger partial charge is 0.276 e. The normalized spacial score (nSPS) is 14.0. The Hall–Kier alpha value is -1.92. The van der Waals surface area contributed by atoms with E-state index in [-0.39, 0.29) is 23.8 Å². The molecule has 0 atom stereocenters. The van der Waals surface area contributed by atoms with Crippen LogP contribution in [0.2, 0.25) is 0 Å². The van der Waals surface area contributed by atoms with Gasteiger partial charge in [-0.1, -0.05) is 31.5 Å². The zero-order valence-corrected chi connectivity index (χ0v) is 14.7. The van der Waals surface area contributed by atoms with Crippen molar-refractivity contribution in [2.24, 2.45) is 0 Å². The first-order valence-corrected chi connectivity index (χ1v) is 8.05. The fourth-order valence-corrected chi connectivity index (χ4v) is 3.08. The molecule has 0 bridgehead atoms. The quantitative estimate of drug-likeness (QED) is 0.915. The van der Waals surface area contributed by atoms with Gasteiger partial charge in [0.1, 0.15) is 0 Å². The van der Waals surface area contributed by atoms with Crippen molar-refractivity contribution >= 4 is 34.9 Å². The van der Waals surface area contributed by atoms with Crippen molar-refractivity contribution in [1.82, 2.24) is 15.1 Å². The van der Waals surface area contributed by atoms with Crippen LogP contribution in [0.15, 0.2) is 18.2 Å². The van der Waals surface area contributed by atoms with Crippen LogP contribution < -0.4 is 5.73 Å². The minimum Gasteiger partial charge on any atom is -0.412 e. The first-order valence-electron chi connectivity index (χ1n) is 8.05. The van der Waals surface area contributed by atoms with Crippen LogP contribution in [0.5, 0.6) is 0 Å². The first-order chi connectivity index (χ1) is 10.7. The lowest BCUT2D eigenvalue weighted by molar-refractivity contribution is 0.0718. The van der Waals surface area contributed by atoms with Crippen LogP contribution in [0.1, 0.15) is 48.7 Å². The Bertz CT molecular complexity index is 702. The topological polar surface area (TPSA) is 104 Å². The van der Waals surface area contributed by atoms with Crippen LogP contribution in [0.25, 0.3) is 10.9 Å². The molecule has 0 spiro atoms. The van der Waals surface area contributed by atoms with Crippen molar-refractivity contribution in [1.29, 1.82) is 0 Å². The van der Waals surface area contributed by atoms with Crippen molar-refractivity contribution in [2.45, 2.75) is 39.0 Å². The summed E-state index contributed by atoms with van der Waals surface area (Å²) in [4.78, 5) is 14.5. The number of rotatable bonds is 3. The summed E-state index contributed by atoms with van der Waals surface area (Å²) in [6.07, 6.45) is 5.25. The maximum Gasteiger partial charge on any atom is 0.276 e. The zero-order valence-electron chi connectivity index (χ0n) is 13.9. The Morgan fingerprint density at radius 1 is 1.21 bits per heavy atom. The Morgan fingerprint density at radius 3 is 2.58 bits per heavy atom. The summed E-state index contributed by atoms with van der Waals surface area (Å²) in [5.41, 5.74) is 8.95. The number of piperidine rings is 1. The number of nitrogens with zero attached hydrogens (tertiary/aromatic N) is 3. The highest BCUT2D eigenvalue weighted by Gasteiger charge is 2.23. The lowest BCUT2D eigenvalue weighted by Gasteiger charge is -2.26.